The molecule has 112 heavy (non-hydrogen) atoms. The maximum atomic E-state index is 14.2. The van der Waals surface area contributed by atoms with Crippen LogP contribution in [0, 0.1) is 0 Å². The van der Waals surface area contributed by atoms with E-state index in [1.54, 1.807) is 0 Å². The molecule has 6 aromatic heterocycles. The Hall–Kier alpha value is -7.21. The van der Waals surface area contributed by atoms with Crippen molar-refractivity contribution >= 4 is 55.0 Å². The fraction of sp³-hybridized carbons (Fsp3) is 0.556. The zero-order valence-corrected chi connectivity index (χ0v) is 62.7. The van der Waals surface area contributed by atoms with Gasteiger partial charge in [-0.25, -0.2) is 51.6 Å². The number of aliphatic hydroxyl groups excluding tert-OH is 2. The molecule has 6 aliphatic rings. The van der Waals surface area contributed by atoms with Crippen molar-refractivity contribution < 1.29 is 131 Å². The van der Waals surface area contributed by atoms with Gasteiger partial charge in [-0.15, -0.1) is 0 Å². The highest BCUT2D eigenvalue weighted by molar-refractivity contribution is 9.10. The zero-order valence-electron chi connectivity index (χ0n) is 56.6. The Balaban J connectivity index is 0.725. The van der Waals surface area contributed by atoms with E-state index >= 15 is 0 Å². The summed E-state index contributed by atoms with van der Waals surface area (Å²) in [6.45, 7) is -6.35. The van der Waals surface area contributed by atoms with Crippen LogP contribution >= 0.6 is 55.0 Å². The van der Waals surface area contributed by atoms with Crippen molar-refractivity contribution in [3.05, 3.63) is 197 Å². The summed E-state index contributed by atoms with van der Waals surface area (Å²) in [6, 6.07) is 4.65. The molecule has 0 spiro atoms. The molecule has 5 unspecified atom stereocenters. The second kappa shape index (κ2) is 34.3. The first-order valence-corrected chi connectivity index (χ1v) is 41.1. The van der Waals surface area contributed by atoms with Crippen LogP contribution < -0.4 is 67.5 Å². The van der Waals surface area contributed by atoms with Gasteiger partial charge in [-0.1, -0.05) is 0 Å². The van der Waals surface area contributed by atoms with Crippen LogP contribution in [0.4, 0.5) is 0 Å². The molecule has 13 N–H and O–H groups in total. The largest absolute Gasteiger partial charge is 0.472 e. The van der Waals surface area contributed by atoms with Gasteiger partial charge in [-0.2, -0.15) is 0 Å². The molecule has 58 heteroatoms. The lowest BCUT2D eigenvalue weighted by atomic mass is 10.2. The average Bonchev–Trinajstić information content (AvgIpc) is 1.65. The van der Waals surface area contributed by atoms with Gasteiger partial charge >= 0.3 is 73.3 Å². The van der Waals surface area contributed by atoms with Crippen LogP contribution in [-0.2, 0) is 96.5 Å². The Morgan fingerprint density at radius 3 is 0.839 bits per heavy atom. The van der Waals surface area contributed by atoms with Gasteiger partial charge in [-0.05, 0) is 15.9 Å². The van der Waals surface area contributed by atoms with Gasteiger partial charge in [0.05, 0.1) is 50.2 Å². The van der Waals surface area contributed by atoms with E-state index in [0.717, 1.165) is 94.9 Å². The fourth-order valence-electron chi connectivity index (χ4n) is 12.5. The lowest BCUT2D eigenvalue weighted by Gasteiger charge is -2.26. The molecule has 0 radical (unpaired) electrons. The highest BCUT2D eigenvalue weighted by atomic mass is 79.9. The Labute approximate surface area is 626 Å². The number of nitrogens with one attached hydrogen (secondary N) is 6. The quantitative estimate of drug-likeness (QED) is 0.0178. The van der Waals surface area contributed by atoms with Crippen LogP contribution in [0.3, 0.4) is 0 Å². The van der Waals surface area contributed by atoms with Gasteiger partial charge in [-0.3, -0.25) is 131 Å². The smallest absolute Gasteiger partial charge is 0.394 e. The number of nitrogens with zero attached hydrogens (tertiary/aromatic N) is 6. The summed E-state index contributed by atoms with van der Waals surface area (Å²) in [5.74, 6) is 0. The van der Waals surface area contributed by atoms with Gasteiger partial charge in [0.1, 0.15) is 105 Å². The molecule has 6 saturated heterocycles. The second-order valence-corrected chi connectivity index (χ2v) is 33.1. The molecule has 12 rings (SSSR count). The van der Waals surface area contributed by atoms with Gasteiger partial charge in [0.2, 0.25) is 0 Å². The van der Waals surface area contributed by atoms with Crippen molar-refractivity contribution in [1.82, 2.24) is 57.3 Å². The average molecular weight is 1760 g/mol. The van der Waals surface area contributed by atoms with Gasteiger partial charge in [0.15, 0.2) is 0 Å². The van der Waals surface area contributed by atoms with Crippen LogP contribution in [0.2, 0.25) is 0 Å². The van der Waals surface area contributed by atoms with E-state index in [4.69, 9.17) is 73.7 Å². The van der Waals surface area contributed by atoms with E-state index in [-0.39, 0.29) is 17.3 Å². The number of rotatable bonds is 32. The summed E-state index contributed by atoms with van der Waals surface area (Å²) < 4.78 is 163. The molecule has 52 nitrogen and oxygen atoms in total. The van der Waals surface area contributed by atoms with Crippen LogP contribution in [0.25, 0.3) is 0 Å². The molecule has 0 saturated carbocycles. The molecule has 0 aliphatic carbocycles. The molecular formula is C54H66BrN12O40P5. The predicted molar refractivity (Wildman–Crippen MR) is 363 cm³/mol. The van der Waals surface area contributed by atoms with Crippen molar-refractivity contribution in [1.29, 1.82) is 0 Å². The summed E-state index contributed by atoms with van der Waals surface area (Å²) in [5.41, 5.74) is -11.3. The van der Waals surface area contributed by atoms with Crippen molar-refractivity contribution in [2.45, 2.75) is 149 Å². The summed E-state index contributed by atoms with van der Waals surface area (Å²) in [6.07, 6.45) is -26.1. The number of aromatic nitrogens is 12. The fourth-order valence-corrected chi connectivity index (χ4v) is 17.6. The first-order chi connectivity index (χ1) is 52.7. The number of phosphoric ester groups is 5. The molecule has 6 aromatic rings. The van der Waals surface area contributed by atoms with Crippen LogP contribution in [0.1, 0.15) is 75.9 Å². The highest BCUT2D eigenvalue weighted by Crippen LogP contribution is 2.56. The molecule has 12 heterocycles. The topological polar surface area (TPSA) is 704 Å². The summed E-state index contributed by atoms with van der Waals surface area (Å²) in [7, 11) is -27.7. The molecule has 614 valence electrons. The zero-order chi connectivity index (χ0) is 80.7. The minimum Gasteiger partial charge on any atom is -0.394 e. The molecule has 0 bridgehead atoms. The minimum absolute atomic E-state index is 0.260. The standard InChI is InChI=1S/C54H66BrN12O40P5/c55-24-17-67(54(81)61-48(24)75)47-16-30(107-112(90,91)95-21-34-27(13-44(100-34)64-8-3-39(72)58-51(64)78)104-108(82,83)92-19-32-25(69)11-42(98-32)62-6-1-37(70)56-49(62)76)36(102-47)23-96-111(88,89)106-29-15-46(66-10-5-41(74)60-53(66)80)101-35(29)22-94-110(86,87)105-28-14-45(65-9-4-40(73)59-52(65)79)99-33(28)20-93-109(84,85)103-26-12-43(97-31(26)18-68)63-7-2-38(71)57-50(63)77/h1-10,17,25-36,42-47,68-69H,11-16,18-23H2,(H,82,83)(H,84,85)(H,86,87)(H,88,89)(H,90,91)(H,56,70,76)(H,57,71,77)(H,58,72,78)(H,59,73,79)(H,60,74,80)(H,61,75,81)/t25-,26-,27-,28-,29-,30-,31+,32+,33+,34+,35+,36+,42+,43+,44+,45+,46+,47+/m0/s1. The van der Waals surface area contributed by atoms with Crippen molar-refractivity contribution in [2.75, 3.05) is 39.6 Å². The Kier molecular flexibility index (Phi) is 25.8. The third-order valence-electron chi connectivity index (χ3n) is 17.7. The lowest BCUT2D eigenvalue weighted by molar-refractivity contribution is -0.0657. The van der Waals surface area contributed by atoms with Crippen molar-refractivity contribution in [3.63, 3.8) is 0 Å². The second-order valence-electron chi connectivity index (χ2n) is 25.2. The van der Waals surface area contributed by atoms with Gasteiger partial charge in [0.25, 0.3) is 33.4 Å². The van der Waals surface area contributed by atoms with E-state index < -0.39 is 283 Å². The van der Waals surface area contributed by atoms with E-state index in [1.807, 2.05) is 29.9 Å². The number of phosphoric acid groups is 5. The summed E-state index contributed by atoms with van der Waals surface area (Å²) in [5, 5.41) is 20.7. The number of hydrogen-bond acceptors (Lipinski definition) is 35. The number of ether oxygens (including phenoxy) is 6. The van der Waals surface area contributed by atoms with E-state index in [1.165, 1.54) is 0 Å². The van der Waals surface area contributed by atoms with Gasteiger partial charge < -0.3 is 63.1 Å². The van der Waals surface area contributed by atoms with E-state index in [0.29, 0.717) is 0 Å². The van der Waals surface area contributed by atoms with Crippen LogP contribution in [0.15, 0.2) is 130 Å². The molecule has 6 fully saturated rings. The third-order valence-corrected chi connectivity index (χ3v) is 23.3. The molecule has 0 amide bonds. The summed E-state index contributed by atoms with van der Waals surface area (Å²) in [4.78, 5) is 217. The van der Waals surface area contributed by atoms with Gasteiger partial charge in [0, 0.05) is 106 Å². The van der Waals surface area contributed by atoms with Crippen LogP contribution in [0.5, 0.6) is 0 Å². The Bertz CT molecular complexity index is 5500. The predicted octanol–water partition coefficient (Wildman–Crippen LogP) is -4.36. The van der Waals surface area contributed by atoms with Crippen molar-refractivity contribution in [3.8, 4) is 0 Å². The number of H-pyrrole nitrogens is 6. The third kappa shape index (κ3) is 20.7. The Morgan fingerprint density at radius 1 is 0.348 bits per heavy atom. The molecular weight excluding hydrogens is 1690 g/mol. The first-order valence-electron chi connectivity index (χ1n) is 32.8. The first kappa shape index (κ1) is 84.2. The van der Waals surface area contributed by atoms with Crippen LogP contribution in [-0.4, -0.2) is 205 Å². The maximum absolute atomic E-state index is 14.2. The number of hydrogen-bond donors (Lipinski definition) is 13. The monoisotopic (exact) mass is 1760 g/mol. The lowest BCUT2D eigenvalue weighted by Crippen LogP contribution is -2.33. The number of aliphatic hydroxyl groups is 2. The van der Waals surface area contributed by atoms with E-state index in [9.17, 15) is 115 Å². The Morgan fingerprint density at radius 2 is 0.571 bits per heavy atom. The summed E-state index contributed by atoms with van der Waals surface area (Å²) >= 11 is 2.97. The molecule has 23 atom stereocenters. The normalized spacial score (nSPS) is 30.7. The SMILES string of the molecule is O=c1ccn([C@H]2C[C@H](OP(=O)(O)OC[C@H]3O[C@@H](n4ccc(=O)[nH]c4=O)C[C@@H]3OP(=O)(O)OC[C@H]3O[C@@H](n4ccc(=O)[nH]c4=O)C[C@@H]3OP(=O)(O)OC[C@H]3O[C@@H](n4cc(Br)c(=O)[nH]c4=O)C[C@@H]3OP(=O)(O)OC[C@H]3O[C@@H](n4ccc(=O)[nH]c4=O)C[C@@H]3OP(=O)(O)OC[C@H]3O[C@@H](n4ccc(=O)[nH]c4=O)C[C@@H]3O)[C@@H](CO)O2)c(=O)[nH]1. The highest BCUT2D eigenvalue weighted by Gasteiger charge is 2.51. The van der Waals surface area contributed by atoms with E-state index in [2.05, 4.69) is 15.9 Å². The number of halogens is 1. The molecule has 0 aromatic carbocycles. The molecule has 6 aliphatic heterocycles. The number of aromatic amines is 6. The maximum Gasteiger partial charge on any atom is 0.472 e. The minimum atomic E-state index is -5.70. The van der Waals surface area contributed by atoms with Crippen molar-refractivity contribution in [2.24, 2.45) is 0 Å².